The average molecular weight is 280 g/mol. The van der Waals surface area contributed by atoms with E-state index >= 15 is 0 Å². The first-order valence-corrected chi connectivity index (χ1v) is 7.04. The minimum absolute atomic E-state index is 0.304. The van der Waals surface area contributed by atoms with Crippen molar-refractivity contribution in [1.29, 1.82) is 0 Å². The van der Waals surface area contributed by atoms with Crippen molar-refractivity contribution in [3.05, 3.63) is 83.9 Å². The van der Waals surface area contributed by atoms with Crippen LogP contribution < -0.4 is 0 Å². The molecule has 0 atom stereocenters. The molecule has 0 bridgehead atoms. The molecule has 0 aliphatic carbocycles. The van der Waals surface area contributed by atoms with Crippen molar-refractivity contribution in [2.75, 3.05) is 20.0 Å². The highest BCUT2D eigenvalue weighted by atomic mass is 16.7. The molecule has 2 rings (SSSR count). The van der Waals surface area contributed by atoms with Gasteiger partial charge in [-0.25, -0.2) is 0 Å². The first kappa shape index (κ1) is 15.2. The van der Waals surface area contributed by atoms with Crippen LogP contribution in [-0.2, 0) is 9.47 Å². The lowest BCUT2D eigenvalue weighted by molar-refractivity contribution is -0.0328. The van der Waals surface area contributed by atoms with Crippen molar-refractivity contribution < 1.29 is 9.47 Å². The lowest BCUT2D eigenvalue weighted by Crippen LogP contribution is -1.99. The standard InChI is InChI=1S/C19H20O2/c1-3-9-18(10-4-1)13-7-15-20-17-21-16-8-14-19-11-5-2-6-12-19/h1-14H,15-17H2/b13-7+,14-8?. The molecule has 0 N–H and O–H groups in total. The quantitative estimate of drug-likeness (QED) is 0.527. The summed E-state index contributed by atoms with van der Waals surface area (Å²) in [5.41, 5.74) is 2.35. The van der Waals surface area contributed by atoms with E-state index in [-0.39, 0.29) is 0 Å². The molecule has 0 aromatic heterocycles. The number of hydrogen-bond donors (Lipinski definition) is 0. The van der Waals surface area contributed by atoms with Gasteiger partial charge in [0.05, 0.1) is 13.2 Å². The van der Waals surface area contributed by atoms with Crippen LogP contribution in [0.4, 0.5) is 0 Å². The van der Waals surface area contributed by atoms with Crippen LogP contribution in [0.1, 0.15) is 11.1 Å². The van der Waals surface area contributed by atoms with Crippen LogP contribution in [-0.4, -0.2) is 20.0 Å². The van der Waals surface area contributed by atoms with Crippen molar-refractivity contribution in [2.24, 2.45) is 0 Å². The summed E-state index contributed by atoms with van der Waals surface area (Å²) in [4.78, 5) is 0. The summed E-state index contributed by atoms with van der Waals surface area (Å²) in [5.74, 6) is 0. The zero-order chi connectivity index (χ0) is 14.6. The van der Waals surface area contributed by atoms with Crippen LogP contribution in [0.5, 0.6) is 0 Å². The summed E-state index contributed by atoms with van der Waals surface area (Å²) in [6.07, 6.45) is 8.04. The number of benzene rings is 2. The van der Waals surface area contributed by atoms with Crippen molar-refractivity contribution in [3.63, 3.8) is 0 Å². The molecule has 108 valence electrons. The lowest BCUT2D eigenvalue weighted by atomic mass is 10.2. The van der Waals surface area contributed by atoms with E-state index in [4.69, 9.17) is 9.47 Å². The van der Waals surface area contributed by atoms with Crippen LogP contribution in [0, 0.1) is 0 Å². The van der Waals surface area contributed by atoms with Gasteiger partial charge >= 0.3 is 0 Å². The summed E-state index contributed by atoms with van der Waals surface area (Å²) in [6, 6.07) is 20.3. The molecule has 21 heavy (non-hydrogen) atoms. The summed E-state index contributed by atoms with van der Waals surface area (Å²) in [5, 5.41) is 0. The molecule has 0 fully saturated rings. The number of rotatable bonds is 8. The Kier molecular flexibility index (Phi) is 7.03. The Bertz CT molecular complexity index is 493. The van der Waals surface area contributed by atoms with Gasteiger partial charge in [0.15, 0.2) is 0 Å². The van der Waals surface area contributed by atoms with Gasteiger partial charge in [-0.3, -0.25) is 0 Å². The minimum Gasteiger partial charge on any atom is -0.351 e. The van der Waals surface area contributed by atoms with Gasteiger partial charge in [-0.1, -0.05) is 85.0 Å². The highest BCUT2D eigenvalue weighted by Gasteiger charge is 1.86. The van der Waals surface area contributed by atoms with Gasteiger partial charge in [-0.2, -0.15) is 0 Å². The number of ether oxygens (including phenoxy) is 2. The maximum Gasteiger partial charge on any atom is 0.147 e. The van der Waals surface area contributed by atoms with Crippen LogP contribution in [0.15, 0.2) is 72.8 Å². The molecule has 2 heteroatoms. The van der Waals surface area contributed by atoms with Crippen LogP contribution in [0.3, 0.4) is 0 Å². The molecular weight excluding hydrogens is 260 g/mol. The number of hydrogen-bond acceptors (Lipinski definition) is 2. The predicted octanol–water partition coefficient (Wildman–Crippen LogP) is 4.40. The Balaban J connectivity index is 1.52. The van der Waals surface area contributed by atoms with Crippen molar-refractivity contribution >= 4 is 12.2 Å². The van der Waals surface area contributed by atoms with E-state index in [2.05, 4.69) is 24.3 Å². The van der Waals surface area contributed by atoms with E-state index in [1.54, 1.807) is 0 Å². The molecule has 0 unspecified atom stereocenters. The molecule has 0 radical (unpaired) electrons. The van der Waals surface area contributed by atoms with Gasteiger partial charge in [-0.15, -0.1) is 0 Å². The van der Waals surface area contributed by atoms with E-state index in [1.165, 1.54) is 11.1 Å². The van der Waals surface area contributed by atoms with Crippen molar-refractivity contribution in [1.82, 2.24) is 0 Å². The first-order valence-electron chi connectivity index (χ1n) is 7.04. The maximum atomic E-state index is 5.36. The molecule has 0 spiro atoms. The van der Waals surface area contributed by atoms with Gasteiger partial charge < -0.3 is 9.47 Å². The van der Waals surface area contributed by atoms with E-state index < -0.39 is 0 Å². The van der Waals surface area contributed by atoms with E-state index in [0.29, 0.717) is 20.0 Å². The van der Waals surface area contributed by atoms with Gasteiger partial charge in [0, 0.05) is 0 Å². The molecule has 2 nitrogen and oxygen atoms in total. The van der Waals surface area contributed by atoms with Gasteiger partial charge in [0.2, 0.25) is 0 Å². The third kappa shape index (κ3) is 6.70. The average Bonchev–Trinajstić information content (AvgIpc) is 2.55. The molecule has 0 saturated carbocycles. The summed E-state index contributed by atoms with van der Waals surface area (Å²) < 4.78 is 10.7. The monoisotopic (exact) mass is 280 g/mol. The lowest BCUT2D eigenvalue weighted by Gasteiger charge is -2.00. The summed E-state index contributed by atoms with van der Waals surface area (Å²) in [7, 11) is 0. The van der Waals surface area contributed by atoms with Crippen LogP contribution >= 0.6 is 0 Å². The Morgan fingerprint density at radius 3 is 1.48 bits per heavy atom. The largest absolute Gasteiger partial charge is 0.351 e. The minimum atomic E-state index is 0.304. The van der Waals surface area contributed by atoms with Gasteiger partial charge in [-0.05, 0) is 11.1 Å². The van der Waals surface area contributed by atoms with Crippen LogP contribution in [0.2, 0.25) is 0 Å². The van der Waals surface area contributed by atoms with E-state index in [0.717, 1.165) is 0 Å². The highest BCUT2D eigenvalue weighted by molar-refractivity contribution is 5.49. The first-order chi connectivity index (χ1) is 10.4. The second-order valence-electron chi connectivity index (χ2n) is 4.49. The predicted molar refractivity (Wildman–Crippen MR) is 87.7 cm³/mol. The fourth-order valence-corrected chi connectivity index (χ4v) is 1.79. The maximum absolute atomic E-state index is 5.36. The SMILES string of the molecule is C(=Cc1ccccc1)COCOC/C=C/c1ccccc1. The molecule has 2 aromatic carbocycles. The fraction of sp³-hybridized carbons (Fsp3) is 0.158. The van der Waals surface area contributed by atoms with Crippen LogP contribution in [0.25, 0.3) is 12.2 Å². The fourth-order valence-electron chi connectivity index (χ4n) is 1.79. The van der Waals surface area contributed by atoms with E-state index in [1.807, 2.05) is 60.7 Å². The van der Waals surface area contributed by atoms with Gasteiger partial charge in [0.1, 0.15) is 6.79 Å². The summed E-state index contributed by atoms with van der Waals surface area (Å²) >= 11 is 0. The second-order valence-corrected chi connectivity index (χ2v) is 4.49. The molecule has 0 heterocycles. The Labute approximate surface area is 126 Å². The zero-order valence-electron chi connectivity index (χ0n) is 12.0. The molecule has 0 aliphatic heterocycles. The molecule has 0 aliphatic rings. The normalized spacial score (nSPS) is 11.4. The molecule has 0 amide bonds. The van der Waals surface area contributed by atoms with Crippen molar-refractivity contribution in [2.45, 2.75) is 0 Å². The zero-order valence-corrected chi connectivity index (χ0v) is 12.0. The smallest absolute Gasteiger partial charge is 0.147 e. The second kappa shape index (κ2) is 9.70. The highest BCUT2D eigenvalue weighted by Crippen LogP contribution is 2.01. The topological polar surface area (TPSA) is 18.5 Å². The van der Waals surface area contributed by atoms with Gasteiger partial charge in [0.25, 0.3) is 0 Å². The molecular formula is C19H20O2. The van der Waals surface area contributed by atoms with Crippen molar-refractivity contribution in [3.8, 4) is 0 Å². The van der Waals surface area contributed by atoms with E-state index in [9.17, 15) is 0 Å². The third-order valence-electron chi connectivity index (χ3n) is 2.81. The Morgan fingerprint density at radius 1 is 0.619 bits per heavy atom. The Morgan fingerprint density at radius 2 is 1.05 bits per heavy atom. The Hall–Kier alpha value is -2.16. The molecule has 0 saturated heterocycles. The molecule has 2 aromatic rings. The summed E-state index contributed by atoms with van der Waals surface area (Å²) in [6.45, 7) is 1.41. The third-order valence-corrected chi connectivity index (χ3v) is 2.81.